The minimum atomic E-state index is -1.10. The molecule has 9 heteroatoms. The van der Waals surface area contributed by atoms with Gasteiger partial charge >= 0.3 is 12.0 Å². The molecule has 2 aliphatic rings. The number of carboxylic acids is 1. The Morgan fingerprint density at radius 3 is 2.73 bits per heavy atom. The van der Waals surface area contributed by atoms with Gasteiger partial charge in [-0.1, -0.05) is 0 Å². The van der Waals surface area contributed by atoms with Gasteiger partial charge in [-0.15, -0.1) is 0 Å². The van der Waals surface area contributed by atoms with E-state index in [9.17, 15) is 19.5 Å². The molecule has 0 bridgehead atoms. The number of urea groups is 1. The Hall–Kier alpha value is -2.81. The monoisotopic (exact) mass is 363 g/mol. The molecule has 0 aromatic heterocycles. The molecule has 26 heavy (non-hydrogen) atoms. The highest BCUT2D eigenvalue weighted by Gasteiger charge is 2.33. The van der Waals surface area contributed by atoms with E-state index in [1.807, 2.05) is 0 Å². The molecule has 2 atom stereocenters. The van der Waals surface area contributed by atoms with Crippen LogP contribution in [0.5, 0.6) is 5.75 Å². The van der Waals surface area contributed by atoms with Gasteiger partial charge in [0.25, 0.3) is 5.91 Å². The molecule has 2 N–H and O–H groups in total. The first kappa shape index (κ1) is 18.0. The quantitative estimate of drug-likeness (QED) is 0.808. The molecule has 3 amide bonds. The van der Waals surface area contributed by atoms with Crippen LogP contribution in [0.2, 0.25) is 0 Å². The third-order valence-electron chi connectivity index (χ3n) is 4.40. The second-order valence-electron chi connectivity index (χ2n) is 6.25. The molecule has 2 aliphatic heterocycles. The van der Waals surface area contributed by atoms with Crippen molar-refractivity contribution in [2.24, 2.45) is 0 Å². The molecule has 0 aliphatic carbocycles. The van der Waals surface area contributed by atoms with Gasteiger partial charge in [-0.05, 0) is 25.1 Å². The lowest BCUT2D eigenvalue weighted by atomic mass is 10.1. The first-order valence-corrected chi connectivity index (χ1v) is 8.31. The van der Waals surface area contributed by atoms with Crippen molar-refractivity contribution >= 4 is 23.6 Å². The van der Waals surface area contributed by atoms with Crippen LogP contribution in [-0.2, 0) is 9.53 Å². The Morgan fingerprint density at radius 2 is 2.12 bits per heavy atom. The molecule has 2 heterocycles. The zero-order valence-corrected chi connectivity index (χ0v) is 14.6. The van der Waals surface area contributed by atoms with Gasteiger partial charge in [0.05, 0.1) is 25.4 Å². The number of rotatable bonds is 4. The maximum absolute atomic E-state index is 12.9. The number of carboxylic acid groups (broad SMARTS) is 1. The Kier molecular flexibility index (Phi) is 4.99. The highest BCUT2D eigenvalue weighted by molar-refractivity contribution is 6.00. The number of ether oxygens (including phenoxy) is 2. The number of carbonyl (C=O) groups is 3. The number of nitrogens with zero attached hydrogens (tertiary/aromatic N) is 2. The molecule has 0 spiro atoms. The normalized spacial score (nSPS) is 22.9. The first-order chi connectivity index (χ1) is 12.4. The predicted molar refractivity (Wildman–Crippen MR) is 91.6 cm³/mol. The molecule has 1 aromatic carbocycles. The molecule has 0 radical (unpaired) electrons. The van der Waals surface area contributed by atoms with Gasteiger partial charge < -0.3 is 24.8 Å². The van der Waals surface area contributed by atoms with E-state index in [2.05, 4.69) is 5.32 Å². The van der Waals surface area contributed by atoms with Crippen LogP contribution in [0.15, 0.2) is 18.2 Å². The van der Waals surface area contributed by atoms with E-state index in [0.29, 0.717) is 36.6 Å². The second-order valence-corrected chi connectivity index (χ2v) is 6.25. The van der Waals surface area contributed by atoms with E-state index in [4.69, 9.17) is 9.47 Å². The smallest absolute Gasteiger partial charge is 0.334 e. The van der Waals surface area contributed by atoms with E-state index in [1.165, 1.54) is 16.9 Å². The Balaban J connectivity index is 1.87. The molecular formula is C17H21N3O6. The molecule has 1 aromatic rings. The SMILES string of the molecule is COc1ccc(C(=O)N2CC(C(=O)O)O[C@H](C)C2)cc1N1CCNC1=O. The average molecular weight is 363 g/mol. The van der Waals surface area contributed by atoms with Crippen molar-refractivity contribution < 1.29 is 29.0 Å². The molecule has 3 rings (SSSR count). The summed E-state index contributed by atoms with van der Waals surface area (Å²) in [6, 6.07) is 4.59. The minimum absolute atomic E-state index is 0.0237. The fraction of sp³-hybridized carbons (Fsp3) is 0.471. The summed E-state index contributed by atoms with van der Waals surface area (Å²) in [5.74, 6) is -0.925. The zero-order valence-electron chi connectivity index (χ0n) is 14.6. The summed E-state index contributed by atoms with van der Waals surface area (Å²) in [4.78, 5) is 39.0. The largest absolute Gasteiger partial charge is 0.495 e. The van der Waals surface area contributed by atoms with Gasteiger partial charge in [-0.25, -0.2) is 9.59 Å². The van der Waals surface area contributed by atoms with Crippen LogP contribution in [0.3, 0.4) is 0 Å². The van der Waals surface area contributed by atoms with Crippen LogP contribution in [0.1, 0.15) is 17.3 Å². The summed E-state index contributed by atoms with van der Waals surface area (Å²) in [6.45, 7) is 2.99. The lowest BCUT2D eigenvalue weighted by Crippen LogP contribution is -2.51. The van der Waals surface area contributed by atoms with Gasteiger partial charge in [0.1, 0.15) is 5.75 Å². The predicted octanol–water partition coefficient (Wildman–Crippen LogP) is 0.539. The number of morpholine rings is 1. The lowest BCUT2D eigenvalue weighted by molar-refractivity contribution is -0.160. The summed E-state index contributed by atoms with van der Waals surface area (Å²) >= 11 is 0. The maximum Gasteiger partial charge on any atom is 0.334 e. The van der Waals surface area contributed by atoms with Crippen molar-refractivity contribution in [3.63, 3.8) is 0 Å². The van der Waals surface area contributed by atoms with Crippen molar-refractivity contribution in [3.05, 3.63) is 23.8 Å². The number of methoxy groups -OCH3 is 1. The second kappa shape index (κ2) is 7.20. The third kappa shape index (κ3) is 3.43. The number of carbonyl (C=O) groups excluding carboxylic acids is 2. The standard InChI is InChI=1S/C17H21N3O6/c1-10-8-19(9-14(26-10)16(22)23)15(21)11-3-4-13(25-2)12(7-11)20-6-5-18-17(20)24/h3-4,7,10,14H,5-6,8-9H2,1-2H3,(H,18,24)(H,22,23)/t10-,14?/m1/s1. The first-order valence-electron chi connectivity index (χ1n) is 8.31. The third-order valence-corrected chi connectivity index (χ3v) is 4.40. The number of nitrogens with one attached hydrogen (secondary N) is 1. The number of hydrogen-bond donors (Lipinski definition) is 2. The van der Waals surface area contributed by atoms with Crippen LogP contribution < -0.4 is 15.0 Å². The van der Waals surface area contributed by atoms with Crippen LogP contribution in [0.4, 0.5) is 10.5 Å². The molecule has 140 valence electrons. The van der Waals surface area contributed by atoms with Gasteiger partial charge in [-0.2, -0.15) is 0 Å². The number of benzene rings is 1. The minimum Gasteiger partial charge on any atom is -0.495 e. The average Bonchev–Trinajstić information content (AvgIpc) is 3.05. The number of hydrogen-bond acceptors (Lipinski definition) is 5. The highest BCUT2D eigenvalue weighted by Crippen LogP contribution is 2.31. The van der Waals surface area contributed by atoms with E-state index >= 15 is 0 Å². The van der Waals surface area contributed by atoms with Crippen molar-refractivity contribution in [2.75, 3.05) is 38.2 Å². The van der Waals surface area contributed by atoms with E-state index in [-0.39, 0.29) is 24.6 Å². The number of amides is 3. The molecule has 0 saturated carbocycles. The van der Waals surface area contributed by atoms with Crippen molar-refractivity contribution in [1.29, 1.82) is 0 Å². The van der Waals surface area contributed by atoms with Crippen molar-refractivity contribution in [1.82, 2.24) is 10.2 Å². The highest BCUT2D eigenvalue weighted by atomic mass is 16.5. The summed E-state index contributed by atoms with van der Waals surface area (Å²) in [5, 5.41) is 11.9. The van der Waals surface area contributed by atoms with Gasteiger partial charge in [0, 0.05) is 25.2 Å². The molecule has 2 fully saturated rings. The van der Waals surface area contributed by atoms with E-state index < -0.39 is 12.1 Å². The van der Waals surface area contributed by atoms with Gasteiger partial charge in [-0.3, -0.25) is 9.69 Å². The lowest BCUT2D eigenvalue weighted by Gasteiger charge is -2.35. The Morgan fingerprint density at radius 1 is 1.35 bits per heavy atom. The Bertz CT molecular complexity index is 737. The summed E-state index contributed by atoms with van der Waals surface area (Å²) in [7, 11) is 1.50. The maximum atomic E-state index is 12.9. The topological polar surface area (TPSA) is 108 Å². The number of anilines is 1. The van der Waals surface area contributed by atoms with Crippen molar-refractivity contribution in [2.45, 2.75) is 19.1 Å². The van der Waals surface area contributed by atoms with Crippen LogP contribution in [0.25, 0.3) is 0 Å². The fourth-order valence-electron chi connectivity index (χ4n) is 3.17. The zero-order chi connectivity index (χ0) is 18.8. The summed E-state index contributed by atoms with van der Waals surface area (Å²) in [5.41, 5.74) is 0.864. The van der Waals surface area contributed by atoms with E-state index in [0.717, 1.165) is 0 Å². The van der Waals surface area contributed by atoms with Crippen LogP contribution >= 0.6 is 0 Å². The van der Waals surface area contributed by atoms with E-state index in [1.54, 1.807) is 25.1 Å². The summed E-state index contributed by atoms with van der Waals surface area (Å²) < 4.78 is 10.7. The number of aliphatic carboxylic acids is 1. The van der Waals surface area contributed by atoms with Crippen molar-refractivity contribution in [3.8, 4) is 5.75 Å². The molecular weight excluding hydrogens is 342 g/mol. The summed E-state index contributed by atoms with van der Waals surface area (Å²) in [6.07, 6.45) is -1.43. The van der Waals surface area contributed by atoms with Gasteiger partial charge in [0.2, 0.25) is 0 Å². The molecule has 1 unspecified atom stereocenters. The van der Waals surface area contributed by atoms with Crippen LogP contribution in [0, 0.1) is 0 Å². The Labute approximate surface area is 150 Å². The van der Waals surface area contributed by atoms with Crippen LogP contribution in [-0.4, -0.2) is 73.4 Å². The molecule has 2 saturated heterocycles. The molecule has 9 nitrogen and oxygen atoms in total. The fourth-order valence-corrected chi connectivity index (χ4v) is 3.17. The van der Waals surface area contributed by atoms with Gasteiger partial charge in [0.15, 0.2) is 6.10 Å².